The number of aromatic nitrogens is 5. The Morgan fingerprint density at radius 2 is 1.86 bits per heavy atom. The first-order valence-electron chi connectivity index (χ1n) is 14.7. The smallest absolute Gasteiger partial charge is 0.155 e. The highest BCUT2D eigenvalue weighted by Gasteiger charge is 2.18. The molecule has 1 aliphatic carbocycles. The zero-order valence-corrected chi connectivity index (χ0v) is 24.3. The monoisotopic (exact) mass is 575 g/mol. The molecule has 9 heteroatoms. The lowest BCUT2D eigenvalue weighted by atomic mass is 9.85. The van der Waals surface area contributed by atoms with Gasteiger partial charge >= 0.3 is 0 Å². The number of aromatic amines is 2. The van der Waals surface area contributed by atoms with Crippen molar-refractivity contribution in [3.05, 3.63) is 79.0 Å². The first kappa shape index (κ1) is 27.1. The standard InChI is InChI=1S/C34H34FN7O/c1-42(2)9-10-43-27-13-22(11-25(35)15-27)28-7-4-8-31-29(28)16-32(39-31)33-30-14-24(19-38-34(30)41-40-33)23-12-26(20-36-18-23)37-17-21-5-3-6-21/h4,7-8,11-16,18-21,37,39H,3,5-6,9-10,17H2,1-2H3,(H,38,40,41). The molecule has 4 aromatic heterocycles. The highest BCUT2D eigenvalue weighted by molar-refractivity contribution is 6.01. The number of hydrogen-bond donors (Lipinski definition) is 3. The maximum Gasteiger partial charge on any atom is 0.155 e. The third-order valence-electron chi connectivity index (χ3n) is 8.22. The van der Waals surface area contributed by atoms with Crippen LogP contribution in [0.2, 0.25) is 0 Å². The summed E-state index contributed by atoms with van der Waals surface area (Å²) in [6.07, 6.45) is 9.52. The molecule has 0 radical (unpaired) electrons. The summed E-state index contributed by atoms with van der Waals surface area (Å²) in [6, 6.07) is 17.1. The Morgan fingerprint density at radius 3 is 2.70 bits per heavy atom. The number of hydrogen-bond acceptors (Lipinski definition) is 6. The lowest BCUT2D eigenvalue weighted by molar-refractivity contribution is 0.260. The number of likely N-dealkylation sites (N-methyl/N-ethyl adjacent to an activating group) is 1. The Kier molecular flexibility index (Phi) is 7.24. The van der Waals surface area contributed by atoms with Crippen molar-refractivity contribution in [1.29, 1.82) is 0 Å². The van der Waals surface area contributed by atoms with E-state index in [9.17, 15) is 4.39 Å². The number of nitrogens with one attached hydrogen (secondary N) is 3. The maximum absolute atomic E-state index is 14.7. The molecule has 3 N–H and O–H groups in total. The molecule has 43 heavy (non-hydrogen) atoms. The number of ether oxygens (including phenoxy) is 1. The van der Waals surface area contributed by atoms with Crippen LogP contribution in [0.5, 0.6) is 5.75 Å². The topological polar surface area (TPSA) is 94.8 Å². The quantitative estimate of drug-likeness (QED) is 0.161. The fourth-order valence-electron chi connectivity index (χ4n) is 5.60. The molecule has 0 bridgehead atoms. The Hall–Kier alpha value is -4.76. The van der Waals surface area contributed by atoms with Gasteiger partial charge in [0.25, 0.3) is 0 Å². The van der Waals surface area contributed by atoms with Gasteiger partial charge in [-0.2, -0.15) is 5.10 Å². The third-order valence-corrected chi connectivity index (χ3v) is 8.22. The zero-order valence-electron chi connectivity index (χ0n) is 24.3. The van der Waals surface area contributed by atoms with E-state index in [4.69, 9.17) is 4.74 Å². The van der Waals surface area contributed by atoms with Crippen LogP contribution in [0, 0.1) is 11.7 Å². The van der Waals surface area contributed by atoms with E-state index in [1.54, 1.807) is 6.07 Å². The number of halogens is 1. The van der Waals surface area contributed by atoms with Crippen molar-refractivity contribution in [1.82, 2.24) is 30.0 Å². The van der Waals surface area contributed by atoms with Gasteiger partial charge in [-0.15, -0.1) is 0 Å². The highest BCUT2D eigenvalue weighted by atomic mass is 19.1. The summed E-state index contributed by atoms with van der Waals surface area (Å²) >= 11 is 0. The van der Waals surface area contributed by atoms with Crippen molar-refractivity contribution in [2.24, 2.45) is 5.92 Å². The molecule has 8 nitrogen and oxygen atoms in total. The van der Waals surface area contributed by atoms with Gasteiger partial charge in [0.05, 0.1) is 11.4 Å². The van der Waals surface area contributed by atoms with E-state index in [0.29, 0.717) is 18.0 Å². The normalized spacial score (nSPS) is 13.6. The van der Waals surface area contributed by atoms with Gasteiger partial charge in [-0.3, -0.25) is 10.1 Å². The van der Waals surface area contributed by atoms with Gasteiger partial charge in [0.15, 0.2) is 5.65 Å². The number of fused-ring (bicyclic) bond motifs is 2. The third kappa shape index (κ3) is 5.68. The summed E-state index contributed by atoms with van der Waals surface area (Å²) in [5, 5.41) is 13.1. The average Bonchev–Trinajstić information content (AvgIpc) is 3.60. The molecule has 2 aromatic carbocycles. The summed E-state index contributed by atoms with van der Waals surface area (Å²) < 4.78 is 20.5. The van der Waals surface area contributed by atoms with Gasteiger partial charge in [0.2, 0.25) is 0 Å². The molecule has 6 aromatic rings. The van der Waals surface area contributed by atoms with Crippen LogP contribution in [0.1, 0.15) is 19.3 Å². The van der Waals surface area contributed by atoms with Crippen LogP contribution in [0.25, 0.3) is 55.6 Å². The van der Waals surface area contributed by atoms with Crippen molar-refractivity contribution < 1.29 is 9.13 Å². The first-order valence-corrected chi connectivity index (χ1v) is 14.7. The molecule has 1 saturated carbocycles. The molecule has 7 rings (SSSR count). The molecule has 0 saturated heterocycles. The second-order valence-electron chi connectivity index (χ2n) is 11.6. The summed E-state index contributed by atoms with van der Waals surface area (Å²) in [4.78, 5) is 14.7. The van der Waals surface area contributed by atoms with Crippen LogP contribution < -0.4 is 10.1 Å². The Balaban J connectivity index is 1.21. The second kappa shape index (κ2) is 11.5. The largest absolute Gasteiger partial charge is 0.492 e. The minimum atomic E-state index is -0.334. The van der Waals surface area contributed by atoms with Crippen LogP contribution in [0.4, 0.5) is 10.1 Å². The van der Waals surface area contributed by atoms with Gasteiger partial charge in [-0.05, 0) is 80.4 Å². The predicted molar refractivity (Wildman–Crippen MR) is 170 cm³/mol. The summed E-state index contributed by atoms with van der Waals surface area (Å²) in [6.45, 7) is 2.21. The van der Waals surface area contributed by atoms with E-state index in [1.807, 2.05) is 61.9 Å². The molecule has 0 aliphatic heterocycles. The van der Waals surface area contributed by atoms with E-state index in [2.05, 4.69) is 48.7 Å². The molecule has 218 valence electrons. The zero-order chi connectivity index (χ0) is 29.3. The van der Waals surface area contributed by atoms with Crippen molar-refractivity contribution >= 4 is 27.6 Å². The molecule has 4 heterocycles. The second-order valence-corrected chi connectivity index (χ2v) is 11.6. The first-order chi connectivity index (χ1) is 21.0. The summed E-state index contributed by atoms with van der Waals surface area (Å²) in [5.74, 6) is 0.938. The summed E-state index contributed by atoms with van der Waals surface area (Å²) in [7, 11) is 3.96. The molecule has 0 unspecified atom stereocenters. The van der Waals surface area contributed by atoms with Crippen LogP contribution in [-0.4, -0.2) is 63.8 Å². The van der Waals surface area contributed by atoms with Crippen LogP contribution >= 0.6 is 0 Å². The van der Waals surface area contributed by atoms with Gasteiger partial charge < -0.3 is 19.9 Å². The molecule has 1 aliphatic rings. The van der Waals surface area contributed by atoms with E-state index in [1.165, 1.54) is 25.3 Å². The molecular formula is C34H34FN7O. The van der Waals surface area contributed by atoms with Crippen LogP contribution in [0.3, 0.4) is 0 Å². The highest BCUT2D eigenvalue weighted by Crippen LogP contribution is 2.36. The number of anilines is 1. The number of pyridine rings is 2. The van der Waals surface area contributed by atoms with Gasteiger partial charge in [0.1, 0.15) is 23.9 Å². The number of nitrogens with zero attached hydrogens (tertiary/aromatic N) is 4. The molecule has 0 amide bonds. The van der Waals surface area contributed by atoms with Crippen LogP contribution in [0.15, 0.2) is 73.2 Å². The van der Waals surface area contributed by atoms with E-state index < -0.39 is 0 Å². The Morgan fingerprint density at radius 1 is 0.977 bits per heavy atom. The molecule has 0 atom stereocenters. The van der Waals surface area contributed by atoms with E-state index in [0.717, 1.165) is 74.6 Å². The summed E-state index contributed by atoms with van der Waals surface area (Å²) in [5.41, 5.74) is 7.89. The fourth-order valence-corrected chi connectivity index (χ4v) is 5.60. The van der Waals surface area contributed by atoms with E-state index in [-0.39, 0.29) is 5.82 Å². The average molecular weight is 576 g/mol. The predicted octanol–water partition coefficient (Wildman–Crippen LogP) is 7.13. The van der Waals surface area contributed by atoms with Crippen molar-refractivity contribution in [3.8, 4) is 39.4 Å². The minimum absolute atomic E-state index is 0.334. The Bertz CT molecular complexity index is 1910. The lowest BCUT2D eigenvalue weighted by Gasteiger charge is -2.25. The van der Waals surface area contributed by atoms with Crippen molar-refractivity contribution in [2.45, 2.75) is 19.3 Å². The molecular weight excluding hydrogens is 541 g/mol. The van der Waals surface area contributed by atoms with Gasteiger partial charge in [0, 0.05) is 65.2 Å². The fraction of sp³-hybridized carbons (Fsp3) is 0.265. The van der Waals surface area contributed by atoms with Crippen molar-refractivity contribution in [2.75, 3.05) is 39.1 Å². The number of benzene rings is 2. The van der Waals surface area contributed by atoms with Crippen LogP contribution in [-0.2, 0) is 0 Å². The lowest BCUT2D eigenvalue weighted by Crippen LogP contribution is -2.20. The minimum Gasteiger partial charge on any atom is -0.492 e. The SMILES string of the molecule is CN(C)CCOc1cc(F)cc(-c2cccc3[nH]c(-c4n[nH]c5ncc(-c6cncc(NCC7CCC7)c6)cc45)cc23)c1. The van der Waals surface area contributed by atoms with Crippen molar-refractivity contribution in [3.63, 3.8) is 0 Å². The molecule has 1 fully saturated rings. The van der Waals surface area contributed by atoms with E-state index >= 15 is 0 Å². The van der Waals surface area contributed by atoms with Gasteiger partial charge in [-0.25, -0.2) is 9.37 Å². The number of H-pyrrole nitrogens is 2. The molecule has 0 spiro atoms. The number of rotatable bonds is 10. The Labute approximate surface area is 249 Å². The van der Waals surface area contributed by atoms with Gasteiger partial charge in [-0.1, -0.05) is 18.6 Å². The maximum atomic E-state index is 14.7.